The first-order valence-corrected chi connectivity index (χ1v) is 7.34. The van der Waals surface area contributed by atoms with Crippen LogP contribution in [0.2, 0.25) is 10.0 Å². The van der Waals surface area contributed by atoms with Crippen LogP contribution < -0.4 is 0 Å². The molecule has 0 unspecified atom stereocenters. The van der Waals surface area contributed by atoms with E-state index < -0.39 is 0 Å². The molecule has 0 N–H and O–H groups in total. The van der Waals surface area contributed by atoms with Gasteiger partial charge in [0.2, 0.25) is 0 Å². The lowest BCUT2D eigenvalue weighted by molar-refractivity contribution is 0.0983. The molecule has 0 radical (unpaired) electrons. The van der Waals surface area contributed by atoms with Gasteiger partial charge >= 0.3 is 0 Å². The van der Waals surface area contributed by atoms with E-state index >= 15 is 0 Å². The highest BCUT2D eigenvalue weighted by Gasteiger charge is 2.10. The van der Waals surface area contributed by atoms with Gasteiger partial charge in [-0.1, -0.05) is 51.3 Å². The van der Waals surface area contributed by atoms with Crippen LogP contribution in [0.5, 0.6) is 0 Å². The van der Waals surface area contributed by atoms with Crippen LogP contribution in [-0.4, -0.2) is 5.78 Å². The first-order chi connectivity index (χ1) is 9.06. The Hall–Kier alpha value is -0.830. The molecule has 98 valence electrons. The molecule has 0 heterocycles. The van der Waals surface area contributed by atoms with Gasteiger partial charge in [-0.2, -0.15) is 0 Å². The second-order valence-electron chi connectivity index (χ2n) is 4.18. The van der Waals surface area contributed by atoms with E-state index in [1.165, 1.54) is 0 Å². The molecule has 0 bridgehead atoms. The predicted octanol–water partition coefficient (Wildman–Crippen LogP) is 5.57. The lowest BCUT2D eigenvalue weighted by Gasteiger charge is -2.05. The average molecular weight is 358 g/mol. The lowest BCUT2D eigenvalue weighted by Crippen LogP contribution is -2.02. The van der Waals surface area contributed by atoms with E-state index in [0.717, 1.165) is 10.0 Å². The summed E-state index contributed by atoms with van der Waals surface area (Å²) in [5.74, 6) is 0.0293. The molecule has 0 fully saturated rings. The van der Waals surface area contributed by atoms with Crippen molar-refractivity contribution in [1.82, 2.24) is 0 Å². The molecular weight excluding hydrogens is 347 g/mol. The third-order valence-corrected chi connectivity index (χ3v) is 3.80. The lowest BCUT2D eigenvalue weighted by atomic mass is 10.0. The van der Waals surface area contributed by atoms with Gasteiger partial charge in [-0.25, -0.2) is 0 Å². The molecule has 19 heavy (non-hydrogen) atoms. The zero-order chi connectivity index (χ0) is 13.8. The van der Waals surface area contributed by atoms with Gasteiger partial charge in [0, 0.05) is 21.5 Å². The molecule has 0 aliphatic heterocycles. The van der Waals surface area contributed by atoms with Crippen LogP contribution in [0.4, 0.5) is 0 Å². The second-order valence-corrected chi connectivity index (χ2v) is 5.94. The summed E-state index contributed by atoms with van der Waals surface area (Å²) < 4.78 is 1.02. The number of aryl methyl sites for hydroxylation is 1. The molecule has 2 rings (SSSR count). The highest BCUT2D eigenvalue weighted by atomic mass is 79.9. The van der Waals surface area contributed by atoms with Crippen LogP contribution in [0.15, 0.2) is 46.9 Å². The van der Waals surface area contributed by atoms with Crippen molar-refractivity contribution in [3.05, 3.63) is 68.1 Å². The fraction of sp³-hybridized carbons (Fsp3) is 0.133. The Labute approximate surface area is 130 Å². The molecular formula is C15H11BrCl2O. The van der Waals surface area contributed by atoms with E-state index in [4.69, 9.17) is 23.2 Å². The maximum Gasteiger partial charge on any atom is 0.164 e. The molecule has 0 aliphatic rings. The number of ketones is 1. The molecule has 0 atom stereocenters. The van der Waals surface area contributed by atoms with Crippen LogP contribution in [0.3, 0.4) is 0 Å². The number of halogens is 3. The predicted molar refractivity (Wildman–Crippen MR) is 83.3 cm³/mol. The van der Waals surface area contributed by atoms with Crippen molar-refractivity contribution in [2.45, 2.75) is 12.8 Å². The Morgan fingerprint density at radius 2 is 1.89 bits per heavy atom. The van der Waals surface area contributed by atoms with E-state index in [-0.39, 0.29) is 5.78 Å². The van der Waals surface area contributed by atoms with Crippen molar-refractivity contribution in [2.24, 2.45) is 0 Å². The smallest absolute Gasteiger partial charge is 0.164 e. The van der Waals surface area contributed by atoms with Gasteiger partial charge in [-0.3, -0.25) is 4.79 Å². The van der Waals surface area contributed by atoms with Crippen molar-refractivity contribution in [3.63, 3.8) is 0 Å². The number of rotatable bonds is 4. The Morgan fingerprint density at radius 1 is 1.11 bits per heavy atom. The summed E-state index contributed by atoms with van der Waals surface area (Å²) in [6.07, 6.45) is 1.12. The minimum absolute atomic E-state index is 0.0293. The van der Waals surface area contributed by atoms with Crippen molar-refractivity contribution in [1.29, 1.82) is 0 Å². The highest BCUT2D eigenvalue weighted by Crippen LogP contribution is 2.23. The van der Waals surface area contributed by atoms with E-state index in [1.54, 1.807) is 18.2 Å². The van der Waals surface area contributed by atoms with E-state index in [9.17, 15) is 4.79 Å². The van der Waals surface area contributed by atoms with Crippen molar-refractivity contribution < 1.29 is 4.79 Å². The summed E-state index contributed by atoms with van der Waals surface area (Å²) in [4.78, 5) is 12.1. The fourth-order valence-electron chi connectivity index (χ4n) is 1.80. The van der Waals surface area contributed by atoms with E-state index in [0.29, 0.717) is 28.5 Å². The molecule has 0 saturated carbocycles. The summed E-state index contributed by atoms with van der Waals surface area (Å²) in [7, 11) is 0. The molecule has 0 saturated heterocycles. The van der Waals surface area contributed by atoms with E-state index in [2.05, 4.69) is 15.9 Å². The van der Waals surface area contributed by atoms with Gasteiger partial charge in [0.25, 0.3) is 0 Å². The first-order valence-electron chi connectivity index (χ1n) is 5.79. The summed E-state index contributed by atoms with van der Waals surface area (Å²) in [6, 6.07) is 12.9. The van der Waals surface area contributed by atoms with E-state index in [1.807, 2.05) is 24.3 Å². The summed E-state index contributed by atoms with van der Waals surface area (Å²) in [5.41, 5.74) is 1.65. The third-order valence-electron chi connectivity index (χ3n) is 2.76. The standard InChI is InChI=1S/C15H11BrCl2O/c16-11-3-1-2-10(8-11)4-7-15(19)13-6-5-12(17)9-14(13)18/h1-3,5-6,8-9H,4,7H2. The minimum atomic E-state index is 0.0293. The Kier molecular flexibility index (Phi) is 5.03. The summed E-state index contributed by atoms with van der Waals surface area (Å²) in [6.45, 7) is 0. The number of carbonyl (C=O) groups excluding carboxylic acids is 1. The molecule has 2 aromatic rings. The van der Waals surface area contributed by atoms with Gasteiger partial charge < -0.3 is 0 Å². The quantitative estimate of drug-likeness (QED) is 0.653. The highest BCUT2D eigenvalue weighted by molar-refractivity contribution is 9.10. The normalized spacial score (nSPS) is 10.5. The fourth-order valence-corrected chi connectivity index (χ4v) is 2.76. The number of carbonyl (C=O) groups is 1. The average Bonchev–Trinajstić information content (AvgIpc) is 2.36. The van der Waals surface area contributed by atoms with Crippen molar-refractivity contribution in [2.75, 3.05) is 0 Å². The van der Waals surface area contributed by atoms with Crippen molar-refractivity contribution >= 4 is 44.9 Å². The number of Topliss-reactive ketones (excluding diaryl/α,β-unsaturated/α-hetero) is 1. The van der Waals surface area contributed by atoms with Crippen LogP contribution in [0, 0.1) is 0 Å². The maximum atomic E-state index is 12.1. The Bertz CT molecular complexity index is 611. The van der Waals surface area contributed by atoms with Crippen LogP contribution in [0.1, 0.15) is 22.3 Å². The number of hydrogen-bond donors (Lipinski definition) is 0. The Balaban J connectivity index is 2.05. The number of hydrogen-bond acceptors (Lipinski definition) is 1. The molecule has 0 aliphatic carbocycles. The topological polar surface area (TPSA) is 17.1 Å². The molecule has 2 aromatic carbocycles. The third kappa shape index (κ3) is 4.07. The summed E-state index contributed by atoms with van der Waals surface area (Å²) in [5, 5.41) is 0.945. The maximum absolute atomic E-state index is 12.1. The summed E-state index contributed by atoms with van der Waals surface area (Å²) >= 11 is 15.2. The zero-order valence-corrected chi connectivity index (χ0v) is 13.1. The van der Waals surface area contributed by atoms with Gasteiger partial charge in [0.05, 0.1) is 5.02 Å². The monoisotopic (exact) mass is 356 g/mol. The zero-order valence-electron chi connectivity index (χ0n) is 10.00. The van der Waals surface area contributed by atoms with Gasteiger partial charge in [-0.05, 0) is 42.3 Å². The number of benzene rings is 2. The van der Waals surface area contributed by atoms with Crippen LogP contribution in [-0.2, 0) is 6.42 Å². The first kappa shape index (κ1) is 14.6. The largest absolute Gasteiger partial charge is 0.294 e. The minimum Gasteiger partial charge on any atom is -0.294 e. The van der Waals surface area contributed by atoms with Crippen LogP contribution >= 0.6 is 39.1 Å². The molecule has 0 amide bonds. The molecule has 1 nitrogen and oxygen atoms in total. The Morgan fingerprint density at radius 3 is 2.58 bits per heavy atom. The molecule has 0 aromatic heterocycles. The molecule has 4 heteroatoms. The second kappa shape index (κ2) is 6.56. The van der Waals surface area contributed by atoms with Gasteiger partial charge in [-0.15, -0.1) is 0 Å². The molecule has 0 spiro atoms. The van der Waals surface area contributed by atoms with Crippen LogP contribution in [0.25, 0.3) is 0 Å². The van der Waals surface area contributed by atoms with Crippen molar-refractivity contribution in [3.8, 4) is 0 Å². The van der Waals surface area contributed by atoms with Gasteiger partial charge in [0.15, 0.2) is 5.78 Å². The van der Waals surface area contributed by atoms with Gasteiger partial charge in [0.1, 0.15) is 0 Å². The SMILES string of the molecule is O=C(CCc1cccc(Br)c1)c1ccc(Cl)cc1Cl.